The molecule has 0 radical (unpaired) electrons. The van der Waals surface area contributed by atoms with Gasteiger partial charge in [-0.05, 0) is 66.6 Å². The first-order valence-corrected chi connectivity index (χ1v) is 11.7. The zero-order chi connectivity index (χ0) is 23.4. The predicted molar refractivity (Wildman–Crippen MR) is 129 cm³/mol. The summed E-state index contributed by atoms with van der Waals surface area (Å²) in [6.07, 6.45) is 5.87. The summed E-state index contributed by atoms with van der Waals surface area (Å²) in [6, 6.07) is 10.7. The number of rotatable bonds is 6. The van der Waals surface area contributed by atoms with Crippen LogP contribution in [-0.2, 0) is 24.3 Å². The molecule has 0 fully saturated rings. The van der Waals surface area contributed by atoms with Crippen molar-refractivity contribution < 1.29 is 14.4 Å². The van der Waals surface area contributed by atoms with Crippen molar-refractivity contribution in [1.29, 1.82) is 0 Å². The van der Waals surface area contributed by atoms with Gasteiger partial charge in [0.15, 0.2) is 5.78 Å². The second kappa shape index (κ2) is 9.92. The summed E-state index contributed by atoms with van der Waals surface area (Å²) in [5.74, 6) is -0.240. The van der Waals surface area contributed by atoms with E-state index in [0.29, 0.717) is 37.2 Å². The maximum atomic E-state index is 13.0. The molecule has 1 N–H and O–H groups in total. The normalized spacial score (nSPS) is 13.1. The second-order valence-electron chi connectivity index (χ2n) is 8.00. The Labute approximate surface area is 197 Å². The zero-order valence-corrected chi connectivity index (χ0v) is 19.4. The minimum absolute atomic E-state index is 0.0241. The summed E-state index contributed by atoms with van der Waals surface area (Å²) in [5.41, 5.74) is 5.21. The van der Waals surface area contributed by atoms with E-state index in [2.05, 4.69) is 10.3 Å². The zero-order valence-electron chi connectivity index (χ0n) is 18.6. The van der Waals surface area contributed by atoms with Gasteiger partial charge in [0.1, 0.15) is 0 Å². The van der Waals surface area contributed by atoms with Gasteiger partial charge in [0.2, 0.25) is 5.91 Å². The topological polar surface area (TPSA) is 79.4 Å². The van der Waals surface area contributed by atoms with Crippen LogP contribution in [0.5, 0.6) is 0 Å². The molecule has 3 aromatic rings. The minimum Gasteiger partial charge on any atom is -0.348 e. The van der Waals surface area contributed by atoms with E-state index in [-0.39, 0.29) is 17.6 Å². The van der Waals surface area contributed by atoms with Gasteiger partial charge in [-0.15, -0.1) is 11.3 Å². The third-order valence-electron chi connectivity index (χ3n) is 5.80. The molecule has 1 aliphatic heterocycles. The van der Waals surface area contributed by atoms with Gasteiger partial charge in [0.05, 0.1) is 0 Å². The molecule has 33 heavy (non-hydrogen) atoms. The maximum absolute atomic E-state index is 13.0. The lowest BCUT2D eigenvalue weighted by molar-refractivity contribution is -0.116. The van der Waals surface area contributed by atoms with Crippen molar-refractivity contribution in [3.63, 3.8) is 0 Å². The van der Waals surface area contributed by atoms with E-state index in [1.165, 1.54) is 6.92 Å². The number of Topliss-reactive ketones (excluding diaryl/α,β-unsaturated/α-hetero) is 1. The van der Waals surface area contributed by atoms with Gasteiger partial charge in [0.25, 0.3) is 5.91 Å². The smallest absolute Gasteiger partial charge is 0.254 e. The Morgan fingerprint density at radius 2 is 1.91 bits per heavy atom. The Hall–Kier alpha value is -3.58. The Bertz CT molecular complexity index is 1210. The molecule has 0 atom stereocenters. The molecule has 0 unspecified atom stereocenters. The number of aromatic nitrogens is 1. The largest absolute Gasteiger partial charge is 0.348 e. The molecule has 2 aromatic heterocycles. The Morgan fingerprint density at radius 1 is 1.15 bits per heavy atom. The van der Waals surface area contributed by atoms with Crippen LogP contribution in [0.2, 0.25) is 0 Å². The fourth-order valence-electron chi connectivity index (χ4n) is 3.94. The molecule has 0 spiro atoms. The number of carbonyl (C=O) groups is 3. The molecular formula is C26H25N3O3S. The van der Waals surface area contributed by atoms with Crippen molar-refractivity contribution in [2.45, 2.75) is 33.4 Å². The first-order valence-electron chi connectivity index (χ1n) is 10.8. The Kier molecular flexibility index (Phi) is 6.79. The average molecular weight is 460 g/mol. The van der Waals surface area contributed by atoms with Crippen LogP contribution in [0.4, 0.5) is 0 Å². The van der Waals surface area contributed by atoms with Gasteiger partial charge in [0, 0.05) is 53.6 Å². The van der Waals surface area contributed by atoms with Crippen LogP contribution >= 0.6 is 11.3 Å². The average Bonchev–Trinajstić information content (AvgIpc) is 3.35. The number of fused-ring (bicyclic) bond motifs is 1. The maximum Gasteiger partial charge on any atom is 0.254 e. The summed E-state index contributed by atoms with van der Waals surface area (Å²) in [6.45, 7) is 4.90. The summed E-state index contributed by atoms with van der Waals surface area (Å²) in [4.78, 5) is 44.1. The number of benzene rings is 1. The monoisotopic (exact) mass is 459 g/mol. The van der Waals surface area contributed by atoms with E-state index < -0.39 is 0 Å². The van der Waals surface area contributed by atoms with Crippen LogP contribution in [-0.4, -0.2) is 34.0 Å². The first kappa shape index (κ1) is 22.6. The third-order valence-corrected chi connectivity index (χ3v) is 6.64. The molecule has 2 amide bonds. The number of nitrogens with zero attached hydrogens (tertiary/aromatic N) is 2. The number of thiophene rings is 1. The van der Waals surface area contributed by atoms with Gasteiger partial charge < -0.3 is 10.2 Å². The molecule has 0 saturated heterocycles. The number of pyridine rings is 1. The molecule has 3 heterocycles. The molecule has 6 nitrogen and oxygen atoms in total. The van der Waals surface area contributed by atoms with Crippen LogP contribution in [0.3, 0.4) is 0 Å². The molecule has 0 aliphatic carbocycles. The van der Waals surface area contributed by atoms with Crippen molar-refractivity contribution in [2.24, 2.45) is 0 Å². The molecule has 0 saturated carbocycles. The van der Waals surface area contributed by atoms with E-state index in [0.717, 1.165) is 27.3 Å². The molecule has 168 valence electrons. The molecular weight excluding hydrogens is 434 g/mol. The molecule has 1 aliphatic rings. The SMILES string of the molecule is CC(=O)c1ccc(C(=O)N2CCc3c(cnc(C)c3CNC(=O)C=Cc3cccs3)C2)cc1. The lowest BCUT2D eigenvalue weighted by Crippen LogP contribution is -2.37. The van der Waals surface area contributed by atoms with Crippen LogP contribution in [0.25, 0.3) is 6.08 Å². The van der Waals surface area contributed by atoms with E-state index in [9.17, 15) is 14.4 Å². The van der Waals surface area contributed by atoms with Crippen molar-refractivity contribution in [3.8, 4) is 0 Å². The summed E-state index contributed by atoms with van der Waals surface area (Å²) in [5, 5.41) is 4.93. The van der Waals surface area contributed by atoms with E-state index in [4.69, 9.17) is 0 Å². The molecule has 4 rings (SSSR count). The predicted octanol–water partition coefficient (Wildman–Crippen LogP) is 4.18. The standard InChI is InChI=1S/C26H25N3O3S/c1-17-24(15-28-25(31)10-9-22-4-3-13-33-22)23-11-12-29(16-21(23)14-27-17)26(32)20-7-5-19(6-8-20)18(2)30/h3-10,13-14H,11-12,15-16H2,1-2H3,(H,28,31). The fourth-order valence-corrected chi connectivity index (χ4v) is 4.56. The van der Waals surface area contributed by atoms with Crippen LogP contribution in [0.15, 0.2) is 54.1 Å². The van der Waals surface area contributed by atoms with Crippen LogP contribution in [0, 0.1) is 6.92 Å². The van der Waals surface area contributed by atoms with Crippen molar-refractivity contribution >= 4 is 35.0 Å². The fraction of sp³-hybridized carbons (Fsp3) is 0.231. The van der Waals surface area contributed by atoms with E-state index in [1.807, 2.05) is 30.6 Å². The Balaban J connectivity index is 1.44. The van der Waals surface area contributed by atoms with Crippen LogP contribution < -0.4 is 5.32 Å². The van der Waals surface area contributed by atoms with Crippen molar-refractivity contribution in [1.82, 2.24) is 15.2 Å². The van der Waals surface area contributed by atoms with Gasteiger partial charge in [-0.1, -0.05) is 18.2 Å². The van der Waals surface area contributed by atoms with Gasteiger partial charge >= 0.3 is 0 Å². The molecule has 7 heteroatoms. The number of aryl methyl sites for hydroxylation is 1. The first-order chi connectivity index (χ1) is 15.9. The number of hydrogen-bond donors (Lipinski definition) is 1. The quantitative estimate of drug-likeness (QED) is 0.443. The van der Waals surface area contributed by atoms with Gasteiger partial charge in [-0.3, -0.25) is 19.4 Å². The lowest BCUT2D eigenvalue weighted by Gasteiger charge is -2.30. The van der Waals surface area contributed by atoms with E-state index >= 15 is 0 Å². The molecule has 1 aromatic carbocycles. The highest BCUT2D eigenvalue weighted by atomic mass is 32.1. The van der Waals surface area contributed by atoms with Crippen LogP contribution in [0.1, 0.15) is 54.9 Å². The highest BCUT2D eigenvalue weighted by molar-refractivity contribution is 7.10. The molecule has 0 bridgehead atoms. The van der Waals surface area contributed by atoms with Gasteiger partial charge in [-0.25, -0.2) is 0 Å². The van der Waals surface area contributed by atoms with E-state index in [1.54, 1.807) is 52.7 Å². The summed E-state index contributed by atoms with van der Waals surface area (Å²) >= 11 is 1.58. The number of amides is 2. The van der Waals surface area contributed by atoms with Crippen molar-refractivity contribution in [2.75, 3.05) is 6.54 Å². The summed E-state index contributed by atoms with van der Waals surface area (Å²) < 4.78 is 0. The highest BCUT2D eigenvalue weighted by Gasteiger charge is 2.25. The lowest BCUT2D eigenvalue weighted by atomic mass is 9.94. The number of nitrogens with one attached hydrogen (secondary N) is 1. The minimum atomic E-state index is -0.151. The Morgan fingerprint density at radius 3 is 2.61 bits per heavy atom. The highest BCUT2D eigenvalue weighted by Crippen LogP contribution is 2.25. The number of carbonyl (C=O) groups excluding carboxylic acids is 3. The number of ketones is 1. The summed E-state index contributed by atoms with van der Waals surface area (Å²) in [7, 11) is 0. The van der Waals surface area contributed by atoms with Gasteiger partial charge in [-0.2, -0.15) is 0 Å². The number of hydrogen-bond acceptors (Lipinski definition) is 5. The van der Waals surface area contributed by atoms with Crippen molar-refractivity contribution in [3.05, 3.63) is 92.4 Å². The second-order valence-corrected chi connectivity index (χ2v) is 8.98. The third kappa shape index (κ3) is 5.26.